The number of anilines is 1. The highest BCUT2D eigenvalue weighted by atomic mass is 79.9. The molecule has 3 rings (SSSR count). The fourth-order valence-electron chi connectivity index (χ4n) is 2.54. The van der Waals surface area contributed by atoms with E-state index in [0.717, 1.165) is 27.8 Å². The van der Waals surface area contributed by atoms with E-state index in [2.05, 4.69) is 27.8 Å². The van der Waals surface area contributed by atoms with Gasteiger partial charge in [0.1, 0.15) is 0 Å². The second kappa shape index (κ2) is 5.37. The van der Waals surface area contributed by atoms with Crippen LogP contribution in [0.1, 0.15) is 13.3 Å². The van der Waals surface area contributed by atoms with E-state index in [9.17, 15) is 4.79 Å². The number of hydrogen-bond acceptors (Lipinski definition) is 2. The van der Waals surface area contributed by atoms with E-state index in [1.807, 2.05) is 41.4 Å². The average Bonchev–Trinajstić information content (AvgIpc) is 2.78. The molecule has 102 valence electrons. The van der Waals surface area contributed by atoms with Gasteiger partial charge in [0.2, 0.25) is 5.91 Å². The highest BCUT2D eigenvalue weighted by Gasteiger charge is 2.27. The normalized spacial score (nSPS) is 18.6. The van der Waals surface area contributed by atoms with Gasteiger partial charge in [0.05, 0.1) is 0 Å². The molecule has 1 fully saturated rings. The lowest BCUT2D eigenvalue weighted by Crippen LogP contribution is -2.24. The van der Waals surface area contributed by atoms with Crippen LogP contribution in [0.5, 0.6) is 0 Å². The summed E-state index contributed by atoms with van der Waals surface area (Å²) in [6, 6.07) is 10.1. The van der Waals surface area contributed by atoms with Gasteiger partial charge in [0, 0.05) is 41.1 Å². The summed E-state index contributed by atoms with van der Waals surface area (Å²) in [6.07, 6.45) is 4.25. The van der Waals surface area contributed by atoms with E-state index in [0.29, 0.717) is 12.3 Å². The van der Waals surface area contributed by atoms with Gasteiger partial charge >= 0.3 is 0 Å². The van der Waals surface area contributed by atoms with E-state index in [1.54, 1.807) is 6.20 Å². The number of aromatic nitrogens is 1. The van der Waals surface area contributed by atoms with Crippen molar-refractivity contribution >= 4 is 27.5 Å². The predicted molar refractivity (Wildman–Crippen MR) is 83.5 cm³/mol. The van der Waals surface area contributed by atoms with Gasteiger partial charge in [-0.05, 0) is 45.6 Å². The van der Waals surface area contributed by atoms with Gasteiger partial charge in [-0.15, -0.1) is 0 Å². The number of rotatable bonds is 2. The zero-order valence-electron chi connectivity index (χ0n) is 11.2. The first-order valence-electron chi connectivity index (χ1n) is 6.65. The molecule has 2 aromatic rings. The molecule has 1 atom stereocenters. The molecule has 0 spiro atoms. The third-order valence-electron chi connectivity index (χ3n) is 3.54. The van der Waals surface area contributed by atoms with E-state index in [-0.39, 0.29) is 5.91 Å². The molecule has 1 aromatic carbocycles. The number of pyridine rings is 1. The SMILES string of the molecule is CC1CC(=O)N(c2ccc(-c3cncc(Br)c3)cc2)C1. The number of hydrogen-bond donors (Lipinski definition) is 0. The van der Waals surface area contributed by atoms with Gasteiger partial charge in [0.25, 0.3) is 0 Å². The van der Waals surface area contributed by atoms with Crippen molar-refractivity contribution < 1.29 is 4.79 Å². The summed E-state index contributed by atoms with van der Waals surface area (Å²) >= 11 is 3.43. The standard InChI is InChI=1S/C16H15BrN2O/c1-11-6-16(20)19(10-11)15-4-2-12(3-5-15)13-7-14(17)9-18-8-13/h2-5,7-9,11H,6,10H2,1H3. The van der Waals surface area contributed by atoms with Crippen LogP contribution in [-0.4, -0.2) is 17.4 Å². The largest absolute Gasteiger partial charge is 0.312 e. The number of carbonyl (C=O) groups excluding carboxylic acids is 1. The Bertz CT molecular complexity index is 639. The average molecular weight is 331 g/mol. The summed E-state index contributed by atoms with van der Waals surface area (Å²) in [7, 11) is 0. The number of nitrogens with zero attached hydrogens (tertiary/aromatic N) is 2. The Kier molecular flexibility index (Phi) is 3.57. The quantitative estimate of drug-likeness (QED) is 0.837. The number of amides is 1. The van der Waals surface area contributed by atoms with Crippen molar-refractivity contribution in [3.8, 4) is 11.1 Å². The molecule has 0 radical (unpaired) electrons. The van der Waals surface area contributed by atoms with Gasteiger partial charge in [-0.2, -0.15) is 0 Å². The summed E-state index contributed by atoms with van der Waals surface area (Å²) in [5, 5.41) is 0. The first kappa shape index (κ1) is 13.3. The van der Waals surface area contributed by atoms with E-state index < -0.39 is 0 Å². The summed E-state index contributed by atoms with van der Waals surface area (Å²) in [5.41, 5.74) is 3.14. The molecule has 0 aliphatic carbocycles. The molecular formula is C16H15BrN2O. The van der Waals surface area contributed by atoms with Gasteiger partial charge in [-0.3, -0.25) is 9.78 Å². The summed E-state index contributed by atoms with van der Waals surface area (Å²) in [5.74, 6) is 0.658. The molecule has 1 unspecified atom stereocenters. The minimum atomic E-state index is 0.217. The van der Waals surface area contributed by atoms with Crippen LogP contribution in [0.4, 0.5) is 5.69 Å². The third kappa shape index (κ3) is 2.61. The Morgan fingerprint density at radius 1 is 1.20 bits per heavy atom. The third-order valence-corrected chi connectivity index (χ3v) is 3.97. The van der Waals surface area contributed by atoms with E-state index >= 15 is 0 Å². The molecule has 0 N–H and O–H groups in total. The van der Waals surface area contributed by atoms with E-state index in [1.165, 1.54) is 0 Å². The monoisotopic (exact) mass is 330 g/mol. The molecule has 0 bridgehead atoms. The Morgan fingerprint density at radius 3 is 2.55 bits per heavy atom. The second-order valence-electron chi connectivity index (χ2n) is 5.25. The summed E-state index contributed by atoms with van der Waals surface area (Å²) < 4.78 is 0.961. The lowest BCUT2D eigenvalue weighted by Gasteiger charge is -2.16. The molecule has 1 aliphatic rings. The Labute approximate surface area is 126 Å². The maximum absolute atomic E-state index is 11.9. The lowest BCUT2D eigenvalue weighted by atomic mass is 10.1. The minimum absolute atomic E-state index is 0.217. The molecule has 2 heterocycles. The van der Waals surface area contributed by atoms with Crippen LogP contribution in [0, 0.1) is 5.92 Å². The zero-order chi connectivity index (χ0) is 14.1. The van der Waals surface area contributed by atoms with Gasteiger partial charge < -0.3 is 4.90 Å². The number of carbonyl (C=O) groups is 1. The molecule has 3 nitrogen and oxygen atoms in total. The Hall–Kier alpha value is -1.68. The molecule has 0 saturated carbocycles. The highest BCUT2D eigenvalue weighted by molar-refractivity contribution is 9.10. The molecule has 4 heteroatoms. The van der Waals surface area contributed by atoms with Gasteiger partial charge in [0.15, 0.2) is 0 Å². The molecular weight excluding hydrogens is 316 g/mol. The maximum atomic E-state index is 11.9. The molecule has 20 heavy (non-hydrogen) atoms. The fraction of sp³-hybridized carbons (Fsp3) is 0.250. The second-order valence-corrected chi connectivity index (χ2v) is 6.17. The molecule has 1 aromatic heterocycles. The van der Waals surface area contributed by atoms with E-state index in [4.69, 9.17) is 0 Å². The Balaban J connectivity index is 1.86. The topological polar surface area (TPSA) is 33.2 Å². The summed E-state index contributed by atoms with van der Waals surface area (Å²) in [4.78, 5) is 17.9. The van der Waals surface area contributed by atoms with Crippen LogP contribution in [0.2, 0.25) is 0 Å². The Morgan fingerprint density at radius 2 is 1.95 bits per heavy atom. The molecule has 1 aliphatic heterocycles. The van der Waals surface area contributed by atoms with Crippen LogP contribution in [0.3, 0.4) is 0 Å². The van der Waals surface area contributed by atoms with Crippen LogP contribution in [0.25, 0.3) is 11.1 Å². The fourth-order valence-corrected chi connectivity index (χ4v) is 2.90. The van der Waals surface area contributed by atoms with Gasteiger partial charge in [-0.25, -0.2) is 0 Å². The first-order chi connectivity index (χ1) is 9.63. The van der Waals surface area contributed by atoms with Crippen molar-refractivity contribution in [3.63, 3.8) is 0 Å². The highest BCUT2D eigenvalue weighted by Crippen LogP contribution is 2.28. The predicted octanol–water partition coefficient (Wildman–Crippen LogP) is 3.88. The lowest BCUT2D eigenvalue weighted by molar-refractivity contribution is -0.117. The van der Waals surface area contributed by atoms with Gasteiger partial charge in [-0.1, -0.05) is 19.1 Å². The number of benzene rings is 1. The van der Waals surface area contributed by atoms with Crippen molar-refractivity contribution in [3.05, 3.63) is 47.2 Å². The van der Waals surface area contributed by atoms with Crippen LogP contribution < -0.4 is 4.90 Å². The smallest absolute Gasteiger partial charge is 0.227 e. The minimum Gasteiger partial charge on any atom is -0.312 e. The molecule has 1 amide bonds. The van der Waals surface area contributed by atoms with Crippen molar-refractivity contribution in [1.29, 1.82) is 0 Å². The maximum Gasteiger partial charge on any atom is 0.227 e. The van der Waals surface area contributed by atoms with Crippen molar-refractivity contribution in [2.45, 2.75) is 13.3 Å². The van der Waals surface area contributed by atoms with Crippen molar-refractivity contribution in [2.75, 3.05) is 11.4 Å². The molecule has 1 saturated heterocycles. The first-order valence-corrected chi connectivity index (χ1v) is 7.44. The number of halogens is 1. The summed E-state index contributed by atoms with van der Waals surface area (Å²) in [6.45, 7) is 2.93. The van der Waals surface area contributed by atoms with Crippen LogP contribution >= 0.6 is 15.9 Å². The van der Waals surface area contributed by atoms with Crippen molar-refractivity contribution in [1.82, 2.24) is 4.98 Å². The van der Waals surface area contributed by atoms with Crippen LogP contribution in [-0.2, 0) is 4.79 Å². The zero-order valence-corrected chi connectivity index (χ0v) is 12.8. The van der Waals surface area contributed by atoms with Crippen LogP contribution in [0.15, 0.2) is 47.2 Å². The van der Waals surface area contributed by atoms with Crippen molar-refractivity contribution in [2.24, 2.45) is 5.92 Å².